The van der Waals surface area contributed by atoms with Crippen molar-refractivity contribution in [3.63, 3.8) is 0 Å². The summed E-state index contributed by atoms with van der Waals surface area (Å²) in [5, 5.41) is 0. The first-order valence-corrected chi connectivity index (χ1v) is 28.3. The maximum atomic E-state index is 2.41. The molecule has 0 fully saturated rings. The fraction of sp³-hybridized carbons (Fsp3) is 0.122. The van der Waals surface area contributed by atoms with Gasteiger partial charge in [-0.15, -0.1) is 0 Å². The van der Waals surface area contributed by atoms with Gasteiger partial charge >= 0.3 is 268 Å². The molecule has 2 heteroatoms. The van der Waals surface area contributed by atoms with Crippen LogP contribution in [0, 0.1) is 0 Å². The molecule has 0 amide bonds. The third-order valence-corrected chi connectivity index (χ3v) is 38.1. The number of rotatable bonds is 12. The van der Waals surface area contributed by atoms with Gasteiger partial charge in [-0.05, 0) is 0 Å². The summed E-state index contributed by atoms with van der Waals surface area (Å²) in [7, 11) is 0. The monoisotopic (exact) mass is 772 g/mol. The second kappa shape index (κ2) is 14.6. The van der Waals surface area contributed by atoms with Crippen LogP contribution in [0.15, 0.2) is 182 Å². The van der Waals surface area contributed by atoms with Gasteiger partial charge in [0, 0.05) is 0 Å². The molecule has 43 heavy (non-hydrogen) atoms. The van der Waals surface area contributed by atoms with E-state index in [1.807, 2.05) is 0 Å². The van der Waals surface area contributed by atoms with Crippen LogP contribution in [-0.2, 0) is 0 Å². The van der Waals surface area contributed by atoms with Crippen LogP contribution < -0.4 is 21.5 Å². The molecule has 0 atom stereocenters. The Morgan fingerprint density at radius 1 is 0.233 bits per heavy atom. The average Bonchev–Trinajstić information content (AvgIpc) is 3.11. The van der Waals surface area contributed by atoms with Gasteiger partial charge in [0.25, 0.3) is 0 Å². The van der Waals surface area contributed by atoms with Crippen LogP contribution in [0.2, 0.25) is 8.87 Å². The molecule has 0 N–H and O–H groups in total. The van der Waals surface area contributed by atoms with E-state index in [0.29, 0.717) is 0 Å². The molecule has 212 valence electrons. The van der Waals surface area contributed by atoms with E-state index in [-0.39, 0.29) is 0 Å². The molecule has 6 aromatic rings. The molecular weight excluding hydrogens is 730 g/mol. The van der Waals surface area contributed by atoms with Crippen LogP contribution in [0.4, 0.5) is 0 Å². The fourth-order valence-electron chi connectivity index (χ4n) is 7.16. The van der Waals surface area contributed by atoms with Crippen molar-refractivity contribution in [1.29, 1.82) is 0 Å². The number of benzene rings is 6. The Labute approximate surface area is 266 Å². The molecule has 0 aliphatic heterocycles. The van der Waals surface area contributed by atoms with Crippen LogP contribution in [0.1, 0.15) is 19.3 Å². The number of hydrogen-bond acceptors (Lipinski definition) is 0. The summed E-state index contributed by atoms with van der Waals surface area (Å²) in [6.45, 7) is 0. The van der Waals surface area contributed by atoms with E-state index >= 15 is 0 Å². The Morgan fingerprint density at radius 2 is 0.419 bits per heavy atom. The summed E-state index contributed by atoms with van der Waals surface area (Å²) in [6, 6.07) is 68.9. The zero-order chi connectivity index (χ0) is 29.2. The second-order valence-electron chi connectivity index (χ2n) is 11.6. The van der Waals surface area contributed by atoms with Crippen LogP contribution in [0.5, 0.6) is 0 Å². The molecule has 0 radical (unpaired) electrons. The molecule has 0 aromatic heterocycles. The van der Waals surface area contributed by atoms with E-state index in [1.54, 1.807) is 21.5 Å². The van der Waals surface area contributed by atoms with Gasteiger partial charge in [-0.25, -0.2) is 0 Å². The van der Waals surface area contributed by atoms with Gasteiger partial charge in [0.2, 0.25) is 0 Å². The van der Waals surface area contributed by atoms with Gasteiger partial charge in [0.05, 0.1) is 0 Å². The zero-order valence-electron chi connectivity index (χ0n) is 24.9. The van der Waals surface area contributed by atoms with Crippen molar-refractivity contribution in [2.45, 2.75) is 28.1 Å². The molecule has 0 unspecified atom stereocenters. The summed E-state index contributed by atoms with van der Waals surface area (Å²) in [4.78, 5) is 0. The average molecular weight is 770 g/mol. The molecule has 0 saturated carbocycles. The van der Waals surface area contributed by atoms with Crippen LogP contribution in [-0.4, -0.2) is 36.8 Å². The van der Waals surface area contributed by atoms with Crippen molar-refractivity contribution in [1.82, 2.24) is 0 Å². The third-order valence-electron chi connectivity index (χ3n) is 9.20. The van der Waals surface area contributed by atoms with Crippen LogP contribution in [0.25, 0.3) is 0 Å². The first-order valence-electron chi connectivity index (χ1n) is 15.7. The van der Waals surface area contributed by atoms with E-state index in [2.05, 4.69) is 182 Å². The molecular formula is C41H40Sn2. The quantitative estimate of drug-likeness (QED) is 0.0987. The molecule has 0 spiro atoms. The summed E-state index contributed by atoms with van der Waals surface area (Å²) >= 11 is -6.45. The predicted molar refractivity (Wildman–Crippen MR) is 191 cm³/mol. The van der Waals surface area contributed by atoms with E-state index in [0.717, 1.165) is 0 Å². The number of hydrogen-bond donors (Lipinski definition) is 0. The zero-order valence-corrected chi connectivity index (χ0v) is 30.6. The van der Waals surface area contributed by atoms with Gasteiger partial charge < -0.3 is 0 Å². The second-order valence-corrected chi connectivity index (χ2v) is 34.6. The van der Waals surface area contributed by atoms with Gasteiger partial charge in [-0.3, -0.25) is 0 Å². The normalized spacial score (nSPS) is 11.7. The van der Waals surface area contributed by atoms with Gasteiger partial charge in [0.1, 0.15) is 0 Å². The Hall–Kier alpha value is -3.08. The first kappa shape index (κ1) is 30.0. The van der Waals surface area contributed by atoms with Gasteiger partial charge in [-0.1, -0.05) is 0 Å². The molecule has 0 saturated heterocycles. The first-order chi connectivity index (χ1) is 21.3. The van der Waals surface area contributed by atoms with E-state index < -0.39 is 36.8 Å². The van der Waals surface area contributed by atoms with Gasteiger partial charge in [-0.2, -0.15) is 0 Å². The van der Waals surface area contributed by atoms with Crippen LogP contribution >= 0.6 is 0 Å². The molecule has 0 nitrogen and oxygen atoms in total. The third kappa shape index (κ3) is 6.42. The van der Waals surface area contributed by atoms with Crippen molar-refractivity contribution in [2.24, 2.45) is 0 Å². The topological polar surface area (TPSA) is 0 Å². The van der Waals surface area contributed by atoms with Crippen molar-refractivity contribution in [3.05, 3.63) is 182 Å². The Bertz CT molecular complexity index is 1330. The number of unbranched alkanes of at least 4 members (excludes halogenated alkanes) is 2. The van der Waals surface area contributed by atoms with Crippen molar-refractivity contribution >= 4 is 58.2 Å². The minimum absolute atomic E-state index is 1.26. The molecule has 0 aliphatic rings. The van der Waals surface area contributed by atoms with E-state index in [9.17, 15) is 0 Å². The Kier molecular flexibility index (Phi) is 10.2. The molecule has 0 bridgehead atoms. The Morgan fingerprint density at radius 3 is 0.605 bits per heavy atom. The van der Waals surface area contributed by atoms with Crippen LogP contribution in [0.3, 0.4) is 0 Å². The summed E-state index contributed by atoms with van der Waals surface area (Å²) in [5.74, 6) is 0. The van der Waals surface area contributed by atoms with Crippen molar-refractivity contribution < 1.29 is 0 Å². The summed E-state index contributed by atoms with van der Waals surface area (Å²) in [5.41, 5.74) is 0. The van der Waals surface area contributed by atoms with Crippen molar-refractivity contribution in [3.8, 4) is 0 Å². The Balaban J connectivity index is 1.33. The SMILES string of the molecule is c1cc[c]([Sn]([CH2]CCC[CH2][Sn]([c]2ccccc2)([c]2ccccc2)[c]2ccccc2)([c]2ccccc2)[c]2ccccc2)cc1. The standard InChI is InChI=1S/6C6H5.C5H10.2Sn/c6*1-2-4-6-5-3-1;1-3-5-4-2;;/h6*1-5H;1-5H2;;. The molecule has 6 rings (SSSR count). The molecule has 6 aromatic carbocycles. The molecule has 0 aliphatic carbocycles. The fourth-order valence-corrected chi connectivity index (χ4v) is 35.3. The summed E-state index contributed by atoms with van der Waals surface area (Å²) in [6.07, 6.45) is 3.78. The predicted octanol–water partition coefficient (Wildman–Crippen LogP) is 6.50. The van der Waals surface area contributed by atoms with E-state index in [1.165, 1.54) is 28.1 Å². The minimum atomic E-state index is -3.23. The van der Waals surface area contributed by atoms with Crippen molar-refractivity contribution in [2.75, 3.05) is 0 Å². The molecule has 0 heterocycles. The van der Waals surface area contributed by atoms with E-state index in [4.69, 9.17) is 0 Å². The van der Waals surface area contributed by atoms with Gasteiger partial charge in [0.15, 0.2) is 0 Å². The maximum absolute atomic E-state index is 3.23. The summed E-state index contributed by atoms with van der Waals surface area (Å²) < 4.78 is 12.1.